The van der Waals surface area contributed by atoms with E-state index in [0.29, 0.717) is 45.2 Å². The highest BCUT2D eigenvalue weighted by Gasteiger charge is 2.41. The van der Waals surface area contributed by atoms with Crippen LogP contribution in [0.3, 0.4) is 0 Å². The van der Waals surface area contributed by atoms with Gasteiger partial charge in [0.25, 0.3) is 0 Å². The summed E-state index contributed by atoms with van der Waals surface area (Å²) in [7, 11) is 0. The highest BCUT2D eigenvalue weighted by Crippen LogP contribution is 2.46. The zero-order chi connectivity index (χ0) is 22.0. The summed E-state index contributed by atoms with van der Waals surface area (Å²) in [6.45, 7) is 2.33. The van der Waals surface area contributed by atoms with Gasteiger partial charge in [-0.25, -0.2) is 18.7 Å². The second-order valence-electron chi connectivity index (χ2n) is 9.27. The highest BCUT2D eigenvalue weighted by atomic mass is 35.5. The number of nitrogens with zero attached hydrogens (tertiary/aromatic N) is 2. The van der Waals surface area contributed by atoms with Gasteiger partial charge in [0.1, 0.15) is 17.5 Å². The minimum absolute atomic E-state index is 0.240. The molecule has 2 aromatic carbocycles. The molecule has 3 aliphatic carbocycles. The number of benzene rings is 2. The number of hydrogen-bond donors (Lipinski definition) is 2. The molecule has 0 amide bonds. The minimum Gasteiger partial charge on any atom is -0.366 e. The van der Waals surface area contributed by atoms with Crippen molar-refractivity contribution in [1.29, 1.82) is 0 Å². The Balaban J connectivity index is 1.51. The van der Waals surface area contributed by atoms with Crippen LogP contribution in [0.15, 0.2) is 36.5 Å². The Morgan fingerprint density at radius 3 is 2.56 bits per heavy atom. The number of rotatable bonds is 3. The molecule has 2 N–H and O–H groups in total. The van der Waals surface area contributed by atoms with Crippen molar-refractivity contribution in [2.75, 3.05) is 5.32 Å². The molecule has 0 spiro atoms. The van der Waals surface area contributed by atoms with Crippen molar-refractivity contribution in [2.24, 2.45) is 17.8 Å². The Kier molecular flexibility index (Phi) is 4.61. The molecule has 0 aliphatic heterocycles. The lowest BCUT2D eigenvalue weighted by atomic mass is 9.62. The first-order valence-corrected chi connectivity index (χ1v) is 11.6. The normalized spacial score (nSPS) is 25.0. The third-order valence-electron chi connectivity index (χ3n) is 7.54. The second-order valence-corrected chi connectivity index (χ2v) is 9.71. The van der Waals surface area contributed by atoms with Crippen LogP contribution in [0.2, 0.25) is 5.02 Å². The van der Waals surface area contributed by atoms with Crippen molar-refractivity contribution in [1.82, 2.24) is 15.0 Å². The predicted octanol–water partition coefficient (Wildman–Crippen LogP) is 6.95. The Hall–Kier alpha value is -2.73. The van der Waals surface area contributed by atoms with E-state index >= 15 is 0 Å². The van der Waals surface area contributed by atoms with Crippen LogP contribution in [0.25, 0.3) is 33.2 Å². The average Bonchev–Trinajstić information content (AvgIpc) is 3.20. The van der Waals surface area contributed by atoms with Crippen molar-refractivity contribution in [3.05, 3.63) is 53.2 Å². The maximum absolute atomic E-state index is 14.3. The predicted molar refractivity (Wildman–Crippen MR) is 124 cm³/mol. The van der Waals surface area contributed by atoms with Crippen molar-refractivity contribution >= 4 is 39.2 Å². The van der Waals surface area contributed by atoms with Crippen LogP contribution >= 0.6 is 11.6 Å². The van der Waals surface area contributed by atoms with E-state index < -0.39 is 11.6 Å². The largest absolute Gasteiger partial charge is 0.366 e. The summed E-state index contributed by atoms with van der Waals surface area (Å²) in [6.07, 6.45) is 6.74. The Bertz CT molecular complexity index is 1340. The summed E-state index contributed by atoms with van der Waals surface area (Å²) in [4.78, 5) is 12.5. The third kappa shape index (κ3) is 3.15. The van der Waals surface area contributed by atoms with Gasteiger partial charge >= 0.3 is 0 Å². The Labute approximate surface area is 189 Å². The molecule has 2 heterocycles. The molecule has 164 valence electrons. The van der Waals surface area contributed by atoms with Crippen LogP contribution in [-0.4, -0.2) is 21.0 Å². The number of fused-ring (bicyclic) bond motifs is 5. The summed E-state index contributed by atoms with van der Waals surface area (Å²) in [6, 6.07) is 8.11. The summed E-state index contributed by atoms with van der Waals surface area (Å²) >= 11 is 6.27. The number of H-pyrrole nitrogens is 1. The van der Waals surface area contributed by atoms with Gasteiger partial charge in [-0.2, -0.15) is 0 Å². The Morgan fingerprint density at radius 2 is 1.78 bits per heavy atom. The fourth-order valence-electron chi connectivity index (χ4n) is 5.83. The monoisotopic (exact) mass is 452 g/mol. The SMILES string of the molecule is C[C@@H]1C2CCC(CC2)[C@H]1Nc1nc(-c2c[nH]c3c(F)cc(F)cc23)nc2cc(Cl)ccc12. The molecule has 3 saturated carbocycles. The molecule has 4 nitrogen and oxygen atoms in total. The van der Waals surface area contributed by atoms with E-state index in [9.17, 15) is 8.78 Å². The number of nitrogens with one attached hydrogen (secondary N) is 2. The quantitative estimate of drug-likeness (QED) is 0.353. The molecule has 4 aromatic rings. The molecule has 2 atom stereocenters. The maximum atomic E-state index is 14.3. The van der Waals surface area contributed by atoms with Gasteiger partial charge in [0.05, 0.1) is 11.0 Å². The first-order valence-electron chi connectivity index (χ1n) is 11.2. The lowest BCUT2D eigenvalue weighted by Gasteiger charge is -2.47. The van der Waals surface area contributed by atoms with Crippen molar-refractivity contribution in [3.8, 4) is 11.4 Å². The zero-order valence-electron chi connectivity index (χ0n) is 17.6. The van der Waals surface area contributed by atoms with Gasteiger partial charge < -0.3 is 10.3 Å². The molecule has 7 rings (SSSR count). The van der Waals surface area contributed by atoms with E-state index in [2.05, 4.69) is 17.2 Å². The lowest BCUT2D eigenvalue weighted by molar-refractivity contribution is 0.0929. The van der Waals surface area contributed by atoms with Gasteiger partial charge in [-0.15, -0.1) is 0 Å². The van der Waals surface area contributed by atoms with Crippen LogP contribution < -0.4 is 5.32 Å². The van der Waals surface area contributed by atoms with E-state index in [4.69, 9.17) is 21.6 Å². The zero-order valence-corrected chi connectivity index (χ0v) is 18.4. The van der Waals surface area contributed by atoms with Crippen LogP contribution in [-0.2, 0) is 0 Å². The molecule has 3 fully saturated rings. The van der Waals surface area contributed by atoms with E-state index in [-0.39, 0.29) is 5.52 Å². The van der Waals surface area contributed by atoms with Gasteiger partial charge in [0.15, 0.2) is 5.82 Å². The number of aromatic nitrogens is 3. The molecule has 3 aliphatic rings. The molecule has 2 aromatic heterocycles. The molecule has 0 saturated heterocycles. The van der Waals surface area contributed by atoms with E-state index in [1.165, 1.54) is 31.7 Å². The molecule has 2 bridgehead atoms. The third-order valence-corrected chi connectivity index (χ3v) is 7.78. The number of hydrogen-bond acceptors (Lipinski definition) is 3. The number of anilines is 1. The van der Waals surface area contributed by atoms with Crippen LogP contribution in [0.5, 0.6) is 0 Å². The lowest BCUT2D eigenvalue weighted by Crippen LogP contribution is -2.47. The number of halogens is 3. The molecular formula is C25H23ClF2N4. The van der Waals surface area contributed by atoms with Crippen LogP contribution in [0.1, 0.15) is 32.6 Å². The Morgan fingerprint density at radius 1 is 1.00 bits per heavy atom. The van der Waals surface area contributed by atoms with Crippen molar-refractivity contribution in [2.45, 2.75) is 38.6 Å². The summed E-state index contributed by atoms with van der Waals surface area (Å²) in [5.74, 6) is 1.83. The van der Waals surface area contributed by atoms with Crippen LogP contribution in [0.4, 0.5) is 14.6 Å². The minimum atomic E-state index is -0.638. The second kappa shape index (κ2) is 7.41. The van der Waals surface area contributed by atoms with E-state index in [1.807, 2.05) is 12.1 Å². The molecule has 0 unspecified atom stereocenters. The summed E-state index contributed by atoms with van der Waals surface area (Å²) < 4.78 is 28.2. The summed E-state index contributed by atoms with van der Waals surface area (Å²) in [5, 5.41) is 5.63. The fraction of sp³-hybridized carbons (Fsp3) is 0.360. The van der Waals surface area contributed by atoms with Gasteiger partial charge in [-0.1, -0.05) is 18.5 Å². The van der Waals surface area contributed by atoms with Gasteiger partial charge in [0, 0.05) is 39.7 Å². The van der Waals surface area contributed by atoms with Gasteiger partial charge in [-0.05, 0) is 67.7 Å². The maximum Gasteiger partial charge on any atom is 0.164 e. The van der Waals surface area contributed by atoms with Crippen molar-refractivity contribution in [3.63, 3.8) is 0 Å². The topological polar surface area (TPSA) is 53.6 Å². The standard InChI is InChI=1S/C25H23ClF2N4/c1-12-13-2-4-14(5-3-13)22(12)31-24-17-7-6-15(26)8-21(17)30-25(32-24)19-11-29-23-18(19)9-16(27)10-20(23)28/h6-14,22,29H,2-5H2,1H3,(H,30,31,32)/t12-,13?,14?,22+/m1/s1. The summed E-state index contributed by atoms with van der Waals surface area (Å²) in [5.41, 5.74) is 1.50. The molecular weight excluding hydrogens is 430 g/mol. The van der Waals surface area contributed by atoms with E-state index in [0.717, 1.165) is 23.2 Å². The van der Waals surface area contributed by atoms with Crippen molar-refractivity contribution < 1.29 is 8.78 Å². The first-order chi connectivity index (χ1) is 15.5. The smallest absolute Gasteiger partial charge is 0.164 e. The average molecular weight is 453 g/mol. The van der Waals surface area contributed by atoms with E-state index in [1.54, 1.807) is 12.3 Å². The fourth-order valence-corrected chi connectivity index (χ4v) is 6.00. The molecule has 32 heavy (non-hydrogen) atoms. The molecule has 0 radical (unpaired) electrons. The van der Waals surface area contributed by atoms with Gasteiger partial charge in [0.2, 0.25) is 0 Å². The number of aromatic amines is 1. The van der Waals surface area contributed by atoms with Crippen LogP contribution in [0, 0.1) is 29.4 Å². The highest BCUT2D eigenvalue weighted by molar-refractivity contribution is 6.31. The molecule has 7 heteroatoms. The first kappa shape index (κ1) is 19.9. The van der Waals surface area contributed by atoms with Gasteiger partial charge in [-0.3, -0.25) is 0 Å².